The largest absolute Gasteiger partial charge is 0.336 e. The second-order valence-corrected chi connectivity index (χ2v) is 5.28. The lowest BCUT2D eigenvalue weighted by Gasteiger charge is -2.38. The van der Waals surface area contributed by atoms with Crippen molar-refractivity contribution < 1.29 is 4.79 Å². The minimum atomic E-state index is -0.110. The maximum absolute atomic E-state index is 11.9. The van der Waals surface area contributed by atoms with Gasteiger partial charge in [0.15, 0.2) is 0 Å². The molecule has 1 heterocycles. The summed E-state index contributed by atoms with van der Waals surface area (Å²) in [5, 5.41) is 2.98. The number of urea groups is 1. The molecular weight excluding hydrogens is 202 g/mol. The van der Waals surface area contributed by atoms with Crippen LogP contribution in [0.15, 0.2) is 0 Å². The van der Waals surface area contributed by atoms with Gasteiger partial charge < -0.3 is 16.0 Å². The summed E-state index contributed by atoms with van der Waals surface area (Å²) in [5.74, 6) is 0. The number of amides is 2. The molecular formula is C12H23N3O. The summed E-state index contributed by atoms with van der Waals surface area (Å²) in [5.41, 5.74) is 5.97. The summed E-state index contributed by atoms with van der Waals surface area (Å²) in [7, 11) is 0. The van der Waals surface area contributed by atoms with Gasteiger partial charge in [-0.15, -0.1) is 0 Å². The number of nitrogens with two attached hydrogens (primary N) is 1. The number of carbonyl (C=O) groups is 1. The number of hydrogen-bond donors (Lipinski definition) is 2. The highest BCUT2D eigenvalue weighted by Crippen LogP contribution is 2.28. The first-order valence-corrected chi connectivity index (χ1v) is 6.51. The fourth-order valence-corrected chi connectivity index (χ4v) is 2.44. The Morgan fingerprint density at radius 1 is 1.12 bits per heavy atom. The molecule has 1 saturated carbocycles. The molecule has 3 N–H and O–H groups in total. The Kier molecular flexibility index (Phi) is 3.69. The van der Waals surface area contributed by atoms with Crippen LogP contribution in [0.4, 0.5) is 4.79 Å². The van der Waals surface area contributed by atoms with Gasteiger partial charge >= 0.3 is 6.03 Å². The van der Waals surface area contributed by atoms with Crippen molar-refractivity contribution in [2.24, 2.45) is 5.73 Å². The van der Waals surface area contributed by atoms with Crippen LogP contribution in [-0.4, -0.2) is 36.1 Å². The third kappa shape index (κ3) is 2.88. The summed E-state index contributed by atoms with van der Waals surface area (Å²) >= 11 is 0. The molecule has 2 rings (SSSR count). The molecule has 92 valence electrons. The van der Waals surface area contributed by atoms with Crippen LogP contribution in [0.3, 0.4) is 0 Å². The molecule has 4 nitrogen and oxygen atoms in total. The van der Waals surface area contributed by atoms with E-state index in [1.54, 1.807) is 0 Å². The lowest BCUT2D eigenvalue weighted by atomic mass is 9.78. The van der Waals surface area contributed by atoms with Gasteiger partial charge in [-0.1, -0.05) is 12.8 Å². The first-order chi connectivity index (χ1) is 7.70. The van der Waals surface area contributed by atoms with Crippen molar-refractivity contribution in [1.29, 1.82) is 0 Å². The Morgan fingerprint density at radius 3 is 2.25 bits per heavy atom. The third-order valence-corrected chi connectivity index (χ3v) is 3.83. The van der Waals surface area contributed by atoms with Gasteiger partial charge in [-0.25, -0.2) is 4.79 Å². The van der Waals surface area contributed by atoms with Gasteiger partial charge in [-0.3, -0.25) is 0 Å². The fourth-order valence-electron chi connectivity index (χ4n) is 2.44. The second kappa shape index (κ2) is 5.04. The molecule has 0 aromatic heterocycles. The monoisotopic (exact) mass is 225 g/mol. The molecule has 2 amide bonds. The van der Waals surface area contributed by atoms with E-state index in [1.165, 1.54) is 19.3 Å². The minimum Gasteiger partial charge on any atom is -0.336 e. The lowest BCUT2D eigenvalue weighted by molar-refractivity contribution is 0.186. The molecule has 1 saturated heterocycles. The molecule has 16 heavy (non-hydrogen) atoms. The van der Waals surface area contributed by atoms with E-state index in [0.29, 0.717) is 6.54 Å². The highest BCUT2D eigenvalue weighted by molar-refractivity contribution is 5.74. The Hall–Kier alpha value is -0.770. The Balaban J connectivity index is 1.73. The van der Waals surface area contributed by atoms with E-state index >= 15 is 0 Å². The average molecular weight is 225 g/mol. The quantitative estimate of drug-likeness (QED) is 0.747. The molecule has 0 radical (unpaired) electrons. The van der Waals surface area contributed by atoms with Crippen LogP contribution in [-0.2, 0) is 0 Å². The standard InChI is InChI=1S/C12H23N3O/c13-12(6-5-7-12)10-14-11(16)15-8-3-1-2-4-9-15/h1-10,13H2,(H,14,16). The minimum absolute atomic E-state index is 0.0821. The normalized spacial score (nSPS) is 24.4. The van der Waals surface area contributed by atoms with Crippen molar-refractivity contribution in [3.63, 3.8) is 0 Å². The van der Waals surface area contributed by atoms with Crippen molar-refractivity contribution in [3.05, 3.63) is 0 Å². The highest BCUT2D eigenvalue weighted by Gasteiger charge is 2.33. The van der Waals surface area contributed by atoms with E-state index in [2.05, 4.69) is 5.32 Å². The summed E-state index contributed by atoms with van der Waals surface area (Å²) in [4.78, 5) is 13.8. The van der Waals surface area contributed by atoms with Gasteiger partial charge in [-0.2, -0.15) is 0 Å². The van der Waals surface area contributed by atoms with E-state index in [4.69, 9.17) is 5.73 Å². The van der Waals surface area contributed by atoms with Crippen molar-refractivity contribution in [2.45, 2.75) is 50.5 Å². The van der Waals surface area contributed by atoms with Crippen LogP contribution in [0.25, 0.3) is 0 Å². The predicted molar refractivity (Wildman–Crippen MR) is 64.2 cm³/mol. The maximum atomic E-state index is 11.9. The zero-order valence-electron chi connectivity index (χ0n) is 10.0. The van der Waals surface area contributed by atoms with Crippen LogP contribution in [0.2, 0.25) is 0 Å². The SMILES string of the molecule is NC1(CNC(=O)N2CCCCCC2)CCC1. The summed E-state index contributed by atoms with van der Waals surface area (Å²) in [6.45, 7) is 2.45. The van der Waals surface area contributed by atoms with Crippen molar-refractivity contribution in [2.75, 3.05) is 19.6 Å². The predicted octanol–water partition coefficient (Wildman–Crippen LogP) is 1.45. The van der Waals surface area contributed by atoms with Gasteiger partial charge in [0.05, 0.1) is 0 Å². The molecule has 0 unspecified atom stereocenters. The van der Waals surface area contributed by atoms with E-state index in [9.17, 15) is 4.79 Å². The Bertz CT molecular complexity index is 243. The van der Waals surface area contributed by atoms with Crippen LogP contribution in [0, 0.1) is 0 Å². The lowest BCUT2D eigenvalue weighted by Crippen LogP contribution is -2.56. The summed E-state index contributed by atoms with van der Waals surface area (Å²) < 4.78 is 0. The second-order valence-electron chi connectivity index (χ2n) is 5.28. The number of rotatable bonds is 2. The van der Waals surface area contributed by atoms with Gasteiger partial charge in [0.1, 0.15) is 0 Å². The Morgan fingerprint density at radius 2 is 1.75 bits per heavy atom. The van der Waals surface area contributed by atoms with E-state index in [1.807, 2.05) is 4.90 Å². The van der Waals surface area contributed by atoms with Gasteiger partial charge in [0.2, 0.25) is 0 Å². The first-order valence-electron chi connectivity index (χ1n) is 6.51. The molecule has 0 aromatic rings. The molecule has 1 aliphatic carbocycles. The third-order valence-electron chi connectivity index (χ3n) is 3.83. The van der Waals surface area contributed by atoms with Crippen molar-refractivity contribution >= 4 is 6.03 Å². The molecule has 0 atom stereocenters. The van der Waals surface area contributed by atoms with Crippen molar-refractivity contribution in [3.8, 4) is 0 Å². The topological polar surface area (TPSA) is 58.4 Å². The van der Waals surface area contributed by atoms with Crippen LogP contribution in [0.5, 0.6) is 0 Å². The average Bonchev–Trinajstić information content (AvgIpc) is 2.51. The zero-order chi connectivity index (χ0) is 11.4. The van der Waals surface area contributed by atoms with E-state index in [0.717, 1.165) is 38.8 Å². The Labute approximate surface area is 97.6 Å². The maximum Gasteiger partial charge on any atom is 0.317 e. The number of nitrogens with one attached hydrogen (secondary N) is 1. The van der Waals surface area contributed by atoms with E-state index < -0.39 is 0 Å². The summed E-state index contributed by atoms with van der Waals surface area (Å²) in [6.07, 6.45) is 8.09. The van der Waals surface area contributed by atoms with E-state index in [-0.39, 0.29) is 11.6 Å². The van der Waals surface area contributed by atoms with Crippen LogP contribution >= 0.6 is 0 Å². The van der Waals surface area contributed by atoms with Crippen LogP contribution < -0.4 is 11.1 Å². The molecule has 0 spiro atoms. The van der Waals surface area contributed by atoms with Crippen LogP contribution in [0.1, 0.15) is 44.9 Å². The number of likely N-dealkylation sites (tertiary alicyclic amines) is 1. The molecule has 4 heteroatoms. The molecule has 0 aromatic carbocycles. The zero-order valence-corrected chi connectivity index (χ0v) is 10.0. The van der Waals surface area contributed by atoms with Gasteiger partial charge in [0, 0.05) is 25.2 Å². The summed E-state index contributed by atoms with van der Waals surface area (Å²) in [6, 6.07) is 0.0821. The fraction of sp³-hybridized carbons (Fsp3) is 0.917. The van der Waals surface area contributed by atoms with Crippen molar-refractivity contribution in [1.82, 2.24) is 10.2 Å². The highest BCUT2D eigenvalue weighted by atomic mass is 16.2. The van der Waals surface area contributed by atoms with Gasteiger partial charge in [0.25, 0.3) is 0 Å². The number of nitrogens with zero attached hydrogens (tertiary/aromatic N) is 1. The molecule has 1 aliphatic heterocycles. The smallest absolute Gasteiger partial charge is 0.317 e. The van der Waals surface area contributed by atoms with Gasteiger partial charge in [-0.05, 0) is 32.1 Å². The first kappa shape index (κ1) is 11.7. The molecule has 2 aliphatic rings. The number of carbonyl (C=O) groups excluding carboxylic acids is 1. The molecule has 2 fully saturated rings. The molecule has 0 bridgehead atoms. The number of hydrogen-bond acceptors (Lipinski definition) is 2.